The Kier molecular flexibility index (Phi) is 5.30. The lowest BCUT2D eigenvalue weighted by Gasteiger charge is -2.18. The number of aromatic nitrogens is 6. The van der Waals surface area contributed by atoms with Gasteiger partial charge in [0, 0.05) is 0 Å². The second-order valence-corrected chi connectivity index (χ2v) is 8.02. The summed E-state index contributed by atoms with van der Waals surface area (Å²) in [5.41, 5.74) is 6.01. The van der Waals surface area contributed by atoms with Crippen molar-refractivity contribution in [2.75, 3.05) is 5.73 Å². The number of alkyl halides is 3. The van der Waals surface area contributed by atoms with E-state index in [0.717, 1.165) is 6.07 Å². The summed E-state index contributed by atoms with van der Waals surface area (Å²) in [6.07, 6.45) is -3.30. The van der Waals surface area contributed by atoms with Gasteiger partial charge >= 0.3 is 6.18 Å². The van der Waals surface area contributed by atoms with Crippen molar-refractivity contribution in [3.8, 4) is 0 Å². The van der Waals surface area contributed by atoms with Crippen molar-refractivity contribution in [1.29, 1.82) is 0 Å². The quantitative estimate of drug-likeness (QED) is 0.401. The molecule has 0 bridgehead atoms. The Morgan fingerprint density at radius 1 is 1.03 bits per heavy atom. The van der Waals surface area contributed by atoms with Crippen LogP contribution in [0, 0.1) is 6.92 Å². The highest BCUT2D eigenvalue weighted by atomic mass is 19.4. The van der Waals surface area contributed by atoms with Crippen LogP contribution in [0.1, 0.15) is 22.6 Å². The van der Waals surface area contributed by atoms with Gasteiger partial charge in [-0.15, -0.1) is 0 Å². The highest BCUT2D eigenvalue weighted by Gasteiger charge is 2.33. The average Bonchev–Trinajstić information content (AvgIpc) is 3.12. The molecule has 0 aliphatic rings. The van der Waals surface area contributed by atoms with Gasteiger partial charge in [-0.2, -0.15) is 18.3 Å². The van der Waals surface area contributed by atoms with E-state index in [1.807, 2.05) is 0 Å². The van der Waals surface area contributed by atoms with Gasteiger partial charge in [-0.1, -0.05) is 35.8 Å². The molecule has 5 aromatic rings. The summed E-state index contributed by atoms with van der Waals surface area (Å²) >= 11 is 0. The summed E-state index contributed by atoms with van der Waals surface area (Å²) in [4.78, 5) is 26.3. The number of fused-ring (bicyclic) bond motifs is 2. The van der Waals surface area contributed by atoms with Crippen LogP contribution in [0.25, 0.3) is 21.9 Å². The van der Waals surface area contributed by atoms with E-state index in [-0.39, 0.29) is 41.1 Å². The monoisotopic (exact) mass is 475 g/mol. The largest absolute Gasteiger partial charge is 0.416 e. The Bertz CT molecular complexity index is 1660. The van der Waals surface area contributed by atoms with Crippen LogP contribution in [0.2, 0.25) is 0 Å². The number of halogens is 3. The first-order valence-electron chi connectivity index (χ1n) is 10.5. The van der Waals surface area contributed by atoms with E-state index in [0.29, 0.717) is 22.2 Å². The number of nitrogen functional groups attached to an aromatic ring is 1. The maximum atomic E-state index is 13.7. The van der Waals surface area contributed by atoms with Crippen LogP contribution < -0.4 is 16.8 Å². The lowest BCUT2D eigenvalue weighted by molar-refractivity contribution is -0.138. The number of nitrogens with zero attached hydrogens (tertiary/aromatic N) is 6. The fourth-order valence-corrected chi connectivity index (χ4v) is 4.18. The highest BCUT2D eigenvalue weighted by Crippen LogP contribution is 2.32. The fourth-order valence-electron chi connectivity index (χ4n) is 4.18. The topological polar surface area (TPSA) is 105 Å². The van der Waals surface area contributed by atoms with Crippen LogP contribution in [0.3, 0.4) is 0 Å². The summed E-state index contributed by atoms with van der Waals surface area (Å²) < 4.78 is 43.7. The molecule has 8 nitrogen and oxygen atoms in total. The predicted molar refractivity (Wildman–Crippen MR) is 126 cm³/mol. The maximum absolute atomic E-state index is 13.7. The minimum absolute atomic E-state index is 0.0467. The van der Waals surface area contributed by atoms with E-state index in [9.17, 15) is 18.0 Å². The van der Waals surface area contributed by atoms with Crippen molar-refractivity contribution in [2.45, 2.75) is 26.2 Å². The molecule has 0 fully saturated rings. The number of aryl methyl sites for hydroxylation is 1. The van der Waals surface area contributed by atoms with Crippen LogP contribution in [-0.2, 0) is 19.3 Å². The van der Waals surface area contributed by atoms with Crippen LogP contribution >= 0.6 is 0 Å². The zero-order valence-electron chi connectivity index (χ0n) is 18.4. The molecule has 0 aliphatic carbocycles. The molecule has 0 unspecified atom stereocenters. The van der Waals surface area contributed by atoms with E-state index in [4.69, 9.17) is 13.6 Å². The minimum atomic E-state index is -4.59. The normalized spacial score (nSPS) is 12.0. The molecule has 0 spiro atoms. The summed E-state index contributed by atoms with van der Waals surface area (Å²) in [5, 5.41) is 5.14. The summed E-state index contributed by atoms with van der Waals surface area (Å²) in [7, 11) is 6.03. The van der Waals surface area contributed by atoms with E-state index in [2.05, 4.69) is 20.1 Å². The van der Waals surface area contributed by atoms with Gasteiger partial charge in [-0.05, 0) is 24.6 Å². The third-order valence-electron chi connectivity index (χ3n) is 5.77. The Hall–Kier alpha value is -4.22. The van der Waals surface area contributed by atoms with Crippen molar-refractivity contribution in [3.05, 3.63) is 81.8 Å². The Labute approximate surface area is 197 Å². The second-order valence-electron chi connectivity index (χ2n) is 8.02. The first-order chi connectivity index (χ1) is 16.6. The van der Waals surface area contributed by atoms with Crippen molar-refractivity contribution in [2.24, 2.45) is 0 Å². The van der Waals surface area contributed by atoms with E-state index < -0.39 is 17.3 Å². The summed E-state index contributed by atoms with van der Waals surface area (Å²) in [5.74, 6) is 0.432. The van der Waals surface area contributed by atoms with Crippen molar-refractivity contribution in [1.82, 2.24) is 29.3 Å². The molecule has 5 rings (SSSR count). The van der Waals surface area contributed by atoms with Crippen molar-refractivity contribution < 1.29 is 13.2 Å². The molecule has 12 heteroatoms. The van der Waals surface area contributed by atoms with Crippen LogP contribution in [0.5, 0.6) is 0 Å². The van der Waals surface area contributed by atoms with E-state index in [1.165, 1.54) is 33.8 Å². The molecule has 2 aromatic carbocycles. The fraction of sp³-hybridized carbons (Fsp3) is 0.174. The molecule has 2 radical (unpaired) electrons. The smallest absolute Gasteiger partial charge is 0.383 e. The molecule has 0 saturated carbocycles. The molecule has 0 aliphatic heterocycles. The molecule has 174 valence electrons. The van der Waals surface area contributed by atoms with Crippen molar-refractivity contribution >= 4 is 41.1 Å². The molecule has 0 atom stereocenters. The van der Waals surface area contributed by atoms with E-state index >= 15 is 0 Å². The zero-order valence-corrected chi connectivity index (χ0v) is 18.4. The molecule has 0 amide bonds. The summed E-state index contributed by atoms with van der Waals surface area (Å²) in [6, 6.07) is 9.92. The van der Waals surface area contributed by atoms with E-state index in [1.54, 1.807) is 25.1 Å². The number of hydrogen-bond acceptors (Lipinski definition) is 6. The summed E-state index contributed by atoms with van der Waals surface area (Å²) in [6.45, 7) is 1.32. The highest BCUT2D eigenvalue weighted by molar-refractivity contribution is 6.38. The average molecular weight is 475 g/mol. The minimum Gasteiger partial charge on any atom is -0.383 e. The standard InChI is InChI=1S/C23H17BF3N7O/c1-12-18-20(28)29-11-30-21(18)34(32-12)10-17-31-16-8-4-7-15(24)19(16)22(35)33(17)9-13-5-2-3-6-14(13)23(25,26)27/h2-8,11H,9-10H2,1H3,(H2,28,29,30). The lowest BCUT2D eigenvalue weighted by Crippen LogP contribution is -2.31. The van der Waals surface area contributed by atoms with Gasteiger partial charge < -0.3 is 5.73 Å². The van der Waals surface area contributed by atoms with Crippen molar-refractivity contribution in [3.63, 3.8) is 0 Å². The SMILES string of the molecule is [B]c1cccc2nc(Cn3nc(C)c4c(N)ncnc43)n(Cc3ccccc3C(F)(F)F)c(=O)c12. The number of rotatable bonds is 4. The molecule has 2 N–H and O–H groups in total. The molecule has 0 saturated heterocycles. The maximum Gasteiger partial charge on any atom is 0.416 e. The van der Waals surface area contributed by atoms with Gasteiger partial charge in [0.2, 0.25) is 0 Å². The first kappa shape index (κ1) is 22.6. The number of anilines is 1. The molecular weight excluding hydrogens is 458 g/mol. The van der Waals surface area contributed by atoms with Gasteiger partial charge in [0.05, 0.1) is 34.1 Å². The third kappa shape index (κ3) is 3.90. The second kappa shape index (κ2) is 8.22. The Morgan fingerprint density at radius 2 is 1.80 bits per heavy atom. The molecule has 3 aromatic heterocycles. The van der Waals surface area contributed by atoms with Gasteiger partial charge in [-0.3, -0.25) is 9.36 Å². The molecule has 3 heterocycles. The van der Waals surface area contributed by atoms with Gasteiger partial charge in [0.1, 0.15) is 32.4 Å². The number of nitrogens with two attached hydrogens (primary N) is 1. The number of benzene rings is 2. The molecular formula is C23H17BF3N7O. The third-order valence-corrected chi connectivity index (χ3v) is 5.77. The Morgan fingerprint density at radius 3 is 2.57 bits per heavy atom. The Balaban J connectivity index is 1.73. The van der Waals surface area contributed by atoms with Crippen LogP contribution in [0.15, 0.2) is 53.6 Å². The van der Waals surface area contributed by atoms with Gasteiger partial charge in [-0.25, -0.2) is 19.6 Å². The zero-order chi connectivity index (χ0) is 24.9. The molecule has 35 heavy (non-hydrogen) atoms. The predicted octanol–water partition coefficient (Wildman–Crippen LogP) is 2.34. The van der Waals surface area contributed by atoms with Crippen LogP contribution in [-0.4, -0.2) is 37.1 Å². The lowest BCUT2D eigenvalue weighted by atomic mass is 9.92. The first-order valence-corrected chi connectivity index (χ1v) is 10.5. The van der Waals surface area contributed by atoms with Crippen LogP contribution in [0.4, 0.5) is 19.0 Å². The number of hydrogen-bond donors (Lipinski definition) is 1. The van der Waals surface area contributed by atoms with Gasteiger partial charge in [0.25, 0.3) is 5.56 Å². The van der Waals surface area contributed by atoms with Gasteiger partial charge in [0.15, 0.2) is 5.65 Å².